The van der Waals surface area contributed by atoms with Crippen LogP contribution in [0.4, 0.5) is 0 Å². The summed E-state index contributed by atoms with van der Waals surface area (Å²) in [6.45, 7) is 1.70. The summed E-state index contributed by atoms with van der Waals surface area (Å²) in [5.74, 6) is 0. The second-order valence-corrected chi connectivity index (χ2v) is 13.9. The third kappa shape index (κ3) is 6.16. The predicted molar refractivity (Wildman–Crippen MR) is 166 cm³/mol. The smallest absolute Gasteiger partial charge is 0.175 e. The molecule has 1 fully saturated rings. The number of benzene rings is 2. The average molecular weight is 603 g/mol. The van der Waals surface area contributed by atoms with Crippen LogP contribution in [0, 0.1) is 0 Å². The molecule has 3 aromatic heterocycles. The number of aromatic nitrogens is 3. The molecule has 9 heteroatoms. The first kappa shape index (κ1) is 27.8. The van der Waals surface area contributed by atoms with Gasteiger partial charge in [0.2, 0.25) is 0 Å². The van der Waals surface area contributed by atoms with Crippen LogP contribution in [-0.2, 0) is 16.4 Å². The quantitative estimate of drug-likeness (QED) is 0.190. The van der Waals surface area contributed by atoms with Crippen LogP contribution >= 0.6 is 22.9 Å². The molecule has 41 heavy (non-hydrogen) atoms. The Kier molecular flexibility index (Phi) is 8.08. The summed E-state index contributed by atoms with van der Waals surface area (Å²) in [5.41, 5.74) is 4.72. The molecule has 5 aromatic rings. The maximum Gasteiger partial charge on any atom is 0.175 e. The Labute approximate surface area is 250 Å². The fraction of sp³-hybridized carbons (Fsp3) is 0.250. The van der Waals surface area contributed by atoms with E-state index in [0.29, 0.717) is 16.5 Å². The zero-order valence-electron chi connectivity index (χ0n) is 22.8. The molecule has 6 nitrogen and oxygen atoms in total. The van der Waals surface area contributed by atoms with Crippen molar-refractivity contribution in [2.45, 2.75) is 43.2 Å². The predicted octanol–water partition coefficient (Wildman–Crippen LogP) is 7.84. The third-order valence-corrected chi connectivity index (χ3v) is 10.1. The standard InChI is InChI=1S/C32H31ClN4O2S2/c1-41(38,39)25-11-9-10-23(20-25)31-16-17-32(40-31)30-21-24(35-37(30)28-14-5-4-12-26(28)33)22-36-19-8-2-3-15-29(36)27-13-6-7-18-34-27/h4-7,9-14,16-18,20-21,29H,2-3,8,15,19,22H2,1H3. The normalized spacial score (nSPS) is 16.5. The minimum absolute atomic E-state index is 0.253. The Morgan fingerprint density at radius 2 is 1.76 bits per heavy atom. The second kappa shape index (κ2) is 11.9. The molecule has 0 spiro atoms. The Bertz CT molecular complexity index is 1770. The van der Waals surface area contributed by atoms with E-state index < -0.39 is 9.84 Å². The molecule has 0 aliphatic carbocycles. The summed E-state index contributed by atoms with van der Waals surface area (Å²) in [5, 5.41) is 5.72. The number of para-hydroxylation sites is 1. The van der Waals surface area contributed by atoms with E-state index in [1.54, 1.807) is 29.5 Å². The molecule has 4 heterocycles. The highest BCUT2D eigenvalue weighted by Crippen LogP contribution is 2.38. The summed E-state index contributed by atoms with van der Waals surface area (Å²) < 4.78 is 26.2. The van der Waals surface area contributed by atoms with Crippen molar-refractivity contribution in [1.29, 1.82) is 0 Å². The maximum atomic E-state index is 12.1. The van der Waals surface area contributed by atoms with Crippen LogP contribution < -0.4 is 0 Å². The molecule has 0 radical (unpaired) electrons. The number of nitrogens with zero attached hydrogens (tertiary/aromatic N) is 4. The third-order valence-electron chi connectivity index (χ3n) is 7.50. The molecule has 1 aliphatic rings. The number of halogens is 1. The molecule has 1 unspecified atom stereocenters. The van der Waals surface area contributed by atoms with Gasteiger partial charge in [0.1, 0.15) is 0 Å². The summed E-state index contributed by atoms with van der Waals surface area (Å²) in [4.78, 5) is 9.54. The van der Waals surface area contributed by atoms with Crippen molar-refractivity contribution in [3.05, 3.63) is 108 Å². The van der Waals surface area contributed by atoms with Crippen molar-refractivity contribution in [1.82, 2.24) is 19.7 Å². The van der Waals surface area contributed by atoms with Crippen molar-refractivity contribution >= 4 is 32.8 Å². The topological polar surface area (TPSA) is 68.1 Å². The lowest BCUT2D eigenvalue weighted by Gasteiger charge is -2.28. The summed E-state index contributed by atoms with van der Waals surface area (Å²) in [7, 11) is -3.30. The number of likely N-dealkylation sites (tertiary alicyclic amines) is 1. The fourth-order valence-corrected chi connectivity index (χ4v) is 7.36. The number of rotatable bonds is 7. The van der Waals surface area contributed by atoms with Gasteiger partial charge in [0.15, 0.2) is 9.84 Å². The molecule has 6 rings (SSSR count). The van der Waals surface area contributed by atoms with E-state index in [4.69, 9.17) is 21.7 Å². The van der Waals surface area contributed by atoms with Crippen LogP contribution in [0.15, 0.2) is 96.0 Å². The Balaban J connectivity index is 1.38. The fourth-order valence-electron chi connectivity index (χ4n) is 5.47. The van der Waals surface area contributed by atoms with E-state index >= 15 is 0 Å². The van der Waals surface area contributed by atoms with Gasteiger partial charge in [-0.3, -0.25) is 9.88 Å². The number of hydrogen-bond acceptors (Lipinski definition) is 6. The van der Waals surface area contributed by atoms with Crippen LogP contribution in [0.25, 0.3) is 26.7 Å². The minimum atomic E-state index is -3.30. The van der Waals surface area contributed by atoms with Crippen LogP contribution in [0.3, 0.4) is 0 Å². The SMILES string of the molecule is CS(=O)(=O)c1cccc(-c2ccc(-c3cc(CN4CCCCCC4c4ccccn4)nn3-c3ccccc3Cl)s2)c1. The van der Waals surface area contributed by atoms with Gasteiger partial charge in [-0.25, -0.2) is 13.1 Å². The van der Waals surface area contributed by atoms with Gasteiger partial charge >= 0.3 is 0 Å². The van der Waals surface area contributed by atoms with Crippen molar-refractivity contribution in [3.8, 4) is 26.7 Å². The van der Waals surface area contributed by atoms with Crippen LogP contribution in [0.2, 0.25) is 5.02 Å². The molecule has 2 aromatic carbocycles. The highest BCUT2D eigenvalue weighted by molar-refractivity contribution is 7.90. The molecule has 210 valence electrons. The lowest BCUT2D eigenvalue weighted by Crippen LogP contribution is -2.29. The zero-order valence-corrected chi connectivity index (χ0v) is 25.2. The lowest BCUT2D eigenvalue weighted by atomic mass is 10.1. The molecule has 0 saturated carbocycles. The molecule has 1 saturated heterocycles. The monoisotopic (exact) mass is 602 g/mol. The molecule has 0 amide bonds. The van der Waals surface area contributed by atoms with Gasteiger partial charge in [0.25, 0.3) is 0 Å². The molecule has 0 N–H and O–H groups in total. The van der Waals surface area contributed by atoms with E-state index in [-0.39, 0.29) is 6.04 Å². The molecule has 1 atom stereocenters. The first-order valence-corrected chi connectivity index (χ1v) is 16.8. The Morgan fingerprint density at radius 1 is 0.927 bits per heavy atom. The Morgan fingerprint density at radius 3 is 2.56 bits per heavy atom. The zero-order chi connectivity index (χ0) is 28.4. The van der Waals surface area contributed by atoms with Crippen LogP contribution in [0.1, 0.15) is 43.1 Å². The number of thiophene rings is 1. The van der Waals surface area contributed by atoms with E-state index in [2.05, 4.69) is 29.2 Å². The van der Waals surface area contributed by atoms with E-state index in [9.17, 15) is 8.42 Å². The first-order valence-electron chi connectivity index (χ1n) is 13.8. The number of pyridine rings is 1. The summed E-state index contributed by atoms with van der Waals surface area (Å²) >= 11 is 8.28. The van der Waals surface area contributed by atoms with Gasteiger partial charge in [-0.05, 0) is 79.5 Å². The molecule has 0 bridgehead atoms. The van der Waals surface area contributed by atoms with Crippen molar-refractivity contribution in [2.24, 2.45) is 0 Å². The molecular formula is C32H31ClN4O2S2. The second-order valence-electron chi connectivity index (χ2n) is 10.4. The Hall–Kier alpha value is -3.30. The number of sulfone groups is 1. The van der Waals surface area contributed by atoms with Crippen molar-refractivity contribution in [2.75, 3.05) is 12.8 Å². The molecular weight excluding hydrogens is 572 g/mol. The summed E-state index contributed by atoms with van der Waals surface area (Å²) in [6, 6.07) is 27.5. The van der Waals surface area contributed by atoms with E-state index in [1.165, 1.54) is 19.1 Å². The molecule has 1 aliphatic heterocycles. The van der Waals surface area contributed by atoms with Gasteiger partial charge in [0.05, 0.1) is 43.6 Å². The first-order chi connectivity index (χ1) is 19.9. The highest BCUT2D eigenvalue weighted by Gasteiger charge is 2.25. The van der Waals surface area contributed by atoms with Gasteiger partial charge in [-0.1, -0.05) is 54.8 Å². The van der Waals surface area contributed by atoms with Crippen molar-refractivity contribution in [3.63, 3.8) is 0 Å². The highest BCUT2D eigenvalue weighted by atomic mass is 35.5. The minimum Gasteiger partial charge on any atom is -0.289 e. The number of hydrogen-bond donors (Lipinski definition) is 0. The van der Waals surface area contributed by atoms with Gasteiger partial charge in [0, 0.05) is 23.9 Å². The summed E-state index contributed by atoms with van der Waals surface area (Å²) in [6.07, 6.45) is 7.76. The van der Waals surface area contributed by atoms with E-state index in [1.807, 2.05) is 53.3 Å². The van der Waals surface area contributed by atoms with Crippen LogP contribution in [-0.4, -0.2) is 40.9 Å². The lowest BCUT2D eigenvalue weighted by molar-refractivity contribution is 0.186. The largest absolute Gasteiger partial charge is 0.289 e. The van der Waals surface area contributed by atoms with Gasteiger partial charge in [-0.2, -0.15) is 5.10 Å². The maximum absolute atomic E-state index is 12.1. The average Bonchev–Trinajstić information content (AvgIpc) is 3.56. The van der Waals surface area contributed by atoms with Crippen LogP contribution in [0.5, 0.6) is 0 Å². The van der Waals surface area contributed by atoms with Crippen molar-refractivity contribution < 1.29 is 8.42 Å². The van der Waals surface area contributed by atoms with Gasteiger partial charge in [-0.15, -0.1) is 11.3 Å². The van der Waals surface area contributed by atoms with E-state index in [0.717, 1.165) is 57.5 Å². The van der Waals surface area contributed by atoms with Gasteiger partial charge < -0.3 is 0 Å².